The molecule has 0 aromatic carbocycles. The Morgan fingerprint density at radius 2 is 2.32 bits per heavy atom. The van der Waals surface area contributed by atoms with Crippen molar-refractivity contribution in [3.63, 3.8) is 0 Å². The third kappa shape index (κ3) is 2.21. The van der Waals surface area contributed by atoms with Crippen molar-refractivity contribution in [1.82, 2.24) is 14.7 Å². The van der Waals surface area contributed by atoms with Gasteiger partial charge in [-0.3, -0.25) is 0 Å². The number of imidazole rings is 1. The highest BCUT2D eigenvalue weighted by atomic mass is 15.3. The first-order chi connectivity index (χ1) is 9.31. The highest BCUT2D eigenvalue weighted by Gasteiger charge is 2.25. The van der Waals surface area contributed by atoms with Gasteiger partial charge >= 0.3 is 0 Å². The molecule has 4 nitrogen and oxygen atoms in total. The number of rotatable bonds is 4. The summed E-state index contributed by atoms with van der Waals surface area (Å²) in [6, 6.07) is 6.81. The number of fused-ring (bicyclic) bond motifs is 1. The van der Waals surface area contributed by atoms with Crippen molar-refractivity contribution in [2.45, 2.75) is 39.3 Å². The molecule has 3 heterocycles. The molecule has 0 bridgehead atoms. The average Bonchev–Trinajstić information content (AvgIpc) is 2.99. The van der Waals surface area contributed by atoms with Crippen LogP contribution in [0.15, 0.2) is 24.4 Å². The first kappa shape index (κ1) is 12.5. The number of aromatic nitrogens is 2. The molecule has 0 spiro atoms. The first-order valence-corrected chi connectivity index (χ1v) is 7.24. The molecule has 1 atom stereocenters. The molecule has 0 aliphatic carbocycles. The second kappa shape index (κ2) is 5.21. The lowest BCUT2D eigenvalue weighted by atomic mass is 10.2. The predicted octanol–water partition coefficient (Wildman–Crippen LogP) is 2.43. The summed E-state index contributed by atoms with van der Waals surface area (Å²) in [7, 11) is 0. The Balaban J connectivity index is 2.06. The number of hydrogen-bond donors (Lipinski definition) is 1. The predicted molar refractivity (Wildman–Crippen MR) is 78.6 cm³/mol. The summed E-state index contributed by atoms with van der Waals surface area (Å²) in [5.74, 6) is 1.16. The van der Waals surface area contributed by atoms with Crippen molar-refractivity contribution < 1.29 is 0 Å². The molecule has 19 heavy (non-hydrogen) atoms. The normalized spacial score (nSPS) is 19.5. The number of pyridine rings is 1. The quantitative estimate of drug-likeness (QED) is 0.914. The van der Waals surface area contributed by atoms with Crippen molar-refractivity contribution in [3.8, 4) is 0 Å². The lowest BCUT2D eigenvalue weighted by molar-refractivity contribution is 0.688. The van der Waals surface area contributed by atoms with Gasteiger partial charge in [-0.2, -0.15) is 0 Å². The summed E-state index contributed by atoms with van der Waals surface area (Å²) in [5, 5.41) is 3.43. The maximum absolute atomic E-state index is 4.85. The van der Waals surface area contributed by atoms with Crippen LogP contribution >= 0.6 is 0 Å². The van der Waals surface area contributed by atoms with Gasteiger partial charge in [-0.25, -0.2) is 4.98 Å². The Hall–Kier alpha value is -1.55. The van der Waals surface area contributed by atoms with E-state index in [-0.39, 0.29) is 0 Å². The molecule has 1 N–H and O–H groups in total. The summed E-state index contributed by atoms with van der Waals surface area (Å²) in [6.07, 6.45) is 4.66. The van der Waals surface area contributed by atoms with Gasteiger partial charge in [0.25, 0.3) is 0 Å². The molecule has 2 aromatic rings. The van der Waals surface area contributed by atoms with Crippen molar-refractivity contribution in [2.75, 3.05) is 18.0 Å². The van der Waals surface area contributed by atoms with Crippen LogP contribution in [0, 0.1) is 0 Å². The van der Waals surface area contributed by atoms with E-state index in [0.717, 1.165) is 31.1 Å². The van der Waals surface area contributed by atoms with E-state index in [1.54, 1.807) is 0 Å². The van der Waals surface area contributed by atoms with E-state index in [1.165, 1.54) is 18.5 Å². The second-order valence-electron chi connectivity index (χ2n) is 5.28. The fourth-order valence-electron chi connectivity index (χ4n) is 2.92. The summed E-state index contributed by atoms with van der Waals surface area (Å²) in [5.41, 5.74) is 2.33. The van der Waals surface area contributed by atoms with Crippen molar-refractivity contribution in [3.05, 3.63) is 30.1 Å². The fourth-order valence-corrected chi connectivity index (χ4v) is 2.92. The molecule has 1 aliphatic heterocycles. The first-order valence-electron chi connectivity index (χ1n) is 7.24. The van der Waals surface area contributed by atoms with E-state index < -0.39 is 0 Å². The Kier molecular flexibility index (Phi) is 3.42. The topological polar surface area (TPSA) is 32.6 Å². The molecule has 0 saturated carbocycles. The monoisotopic (exact) mass is 258 g/mol. The van der Waals surface area contributed by atoms with E-state index in [4.69, 9.17) is 4.98 Å². The SMILES string of the molecule is CCNCc1c(N2CCCC2C)nc2ccccn12. The summed E-state index contributed by atoms with van der Waals surface area (Å²) in [4.78, 5) is 7.30. The fraction of sp³-hybridized carbons (Fsp3) is 0.533. The molecular weight excluding hydrogens is 236 g/mol. The largest absolute Gasteiger partial charge is 0.352 e. The molecule has 102 valence electrons. The van der Waals surface area contributed by atoms with Crippen LogP contribution in [0.25, 0.3) is 5.65 Å². The maximum atomic E-state index is 4.85. The van der Waals surface area contributed by atoms with Crippen LogP contribution in [-0.4, -0.2) is 28.5 Å². The van der Waals surface area contributed by atoms with Crippen LogP contribution in [0.4, 0.5) is 5.82 Å². The van der Waals surface area contributed by atoms with Crippen molar-refractivity contribution >= 4 is 11.5 Å². The Bertz CT molecular complexity index is 560. The third-order valence-corrected chi connectivity index (χ3v) is 3.98. The number of hydrogen-bond acceptors (Lipinski definition) is 3. The number of nitrogens with zero attached hydrogens (tertiary/aromatic N) is 3. The van der Waals surface area contributed by atoms with Crippen LogP contribution in [0.2, 0.25) is 0 Å². The molecule has 0 radical (unpaired) electrons. The Labute approximate surface area is 114 Å². The lowest BCUT2D eigenvalue weighted by Gasteiger charge is -2.22. The molecule has 1 aliphatic rings. The van der Waals surface area contributed by atoms with Gasteiger partial charge in [-0.1, -0.05) is 13.0 Å². The number of nitrogens with one attached hydrogen (secondary N) is 1. The minimum Gasteiger partial charge on any atom is -0.352 e. The summed E-state index contributed by atoms with van der Waals surface area (Å²) >= 11 is 0. The highest BCUT2D eigenvalue weighted by Crippen LogP contribution is 2.28. The molecule has 0 amide bonds. The zero-order valence-corrected chi connectivity index (χ0v) is 11.8. The summed E-state index contributed by atoms with van der Waals surface area (Å²) in [6.45, 7) is 7.43. The zero-order valence-electron chi connectivity index (χ0n) is 11.8. The minimum atomic E-state index is 0.602. The smallest absolute Gasteiger partial charge is 0.152 e. The minimum absolute atomic E-state index is 0.602. The van der Waals surface area contributed by atoms with Gasteiger partial charge in [-0.05, 0) is 38.4 Å². The van der Waals surface area contributed by atoms with Gasteiger partial charge in [-0.15, -0.1) is 0 Å². The van der Waals surface area contributed by atoms with E-state index in [0.29, 0.717) is 6.04 Å². The third-order valence-electron chi connectivity index (χ3n) is 3.98. The molecule has 3 rings (SSSR count). The van der Waals surface area contributed by atoms with Gasteiger partial charge in [0.15, 0.2) is 5.82 Å². The zero-order chi connectivity index (χ0) is 13.2. The molecule has 1 saturated heterocycles. The molecule has 1 fully saturated rings. The van der Waals surface area contributed by atoms with E-state index in [1.807, 2.05) is 0 Å². The highest BCUT2D eigenvalue weighted by molar-refractivity contribution is 5.57. The summed E-state index contributed by atoms with van der Waals surface area (Å²) < 4.78 is 2.21. The number of anilines is 1. The van der Waals surface area contributed by atoms with Crippen LogP contribution in [-0.2, 0) is 6.54 Å². The standard InChI is InChI=1S/C15H22N4/c1-3-16-11-13-15(18-10-6-7-12(18)2)17-14-8-4-5-9-19(13)14/h4-5,8-9,12,16H,3,6-7,10-11H2,1-2H3. The van der Waals surface area contributed by atoms with Gasteiger partial charge in [0.2, 0.25) is 0 Å². The molecular formula is C15H22N4. The van der Waals surface area contributed by atoms with E-state index >= 15 is 0 Å². The van der Waals surface area contributed by atoms with Crippen LogP contribution in [0.1, 0.15) is 32.4 Å². The lowest BCUT2D eigenvalue weighted by Crippen LogP contribution is -2.28. The van der Waals surface area contributed by atoms with E-state index in [2.05, 4.69) is 52.9 Å². The van der Waals surface area contributed by atoms with Gasteiger partial charge in [0, 0.05) is 25.3 Å². The average molecular weight is 258 g/mol. The molecule has 2 aromatic heterocycles. The Morgan fingerprint density at radius 3 is 3.05 bits per heavy atom. The second-order valence-corrected chi connectivity index (χ2v) is 5.28. The molecule has 1 unspecified atom stereocenters. The van der Waals surface area contributed by atoms with E-state index in [9.17, 15) is 0 Å². The molecule has 4 heteroatoms. The van der Waals surface area contributed by atoms with Crippen LogP contribution in [0.5, 0.6) is 0 Å². The Morgan fingerprint density at radius 1 is 1.42 bits per heavy atom. The van der Waals surface area contributed by atoms with Crippen molar-refractivity contribution in [2.24, 2.45) is 0 Å². The van der Waals surface area contributed by atoms with Crippen LogP contribution in [0.3, 0.4) is 0 Å². The van der Waals surface area contributed by atoms with Crippen LogP contribution < -0.4 is 10.2 Å². The van der Waals surface area contributed by atoms with Gasteiger partial charge in [0.1, 0.15) is 5.65 Å². The van der Waals surface area contributed by atoms with Gasteiger partial charge < -0.3 is 14.6 Å². The van der Waals surface area contributed by atoms with Gasteiger partial charge in [0.05, 0.1) is 5.69 Å². The van der Waals surface area contributed by atoms with Crippen molar-refractivity contribution in [1.29, 1.82) is 0 Å². The maximum Gasteiger partial charge on any atom is 0.152 e.